The van der Waals surface area contributed by atoms with E-state index >= 15 is 0 Å². The number of hydrogen-bond acceptors (Lipinski definition) is 5. The summed E-state index contributed by atoms with van der Waals surface area (Å²) in [7, 11) is -3.97. The first-order valence-corrected chi connectivity index (χ1v) is 6.98. The summed E-state index contributed by atoms with van der Waals surface area (Å²) in [5.74, 6) is 1.92. The number of aryl methyl sites for hydroxylation is 1. The van der Waals surface area contributed by atoms with Gasteiger partial charge in [0.2, 0.25) is 0 Å². The van der Waals surface area contributed by atoms with Crippen LogP contribution >= 0.6 is 0 Å². The molecule has 7 heteroatoms. The SMILES string of the molecule is C#Cc1ccc(S(=O)(=O)NC(=O)c2cc(C)on2)cc1. The third-order valence-corrected chi connectivity index (χ3v) is 3.77. The van der Waals surface area contributed by atoms with Gasteiger partial charge in [0.1, 0.15) is 5.76 Å². The Morgan fingerprint density at radius 1 is 1.35 bits per heavy atom. The maximum absolute atomic E-state index is 12.0. The quantitative estimate of drug-likeness (QED) is 0.854. The van der Waals surface area contributed by atoms with Gasteiger partial charge in [0.15, 0.2) is 5.69 Å². The van der Waals surface area contributed by atoms with Crippen LogP contribution in [0.4, 0.5) is 0 Å². The van der Waals surface area contributed by atoms with Gasteiger partial charge < -0.3 is 4.52 Å². The Bertz CT molecular complexity index is 783. The van der Waals surface area contributed by atoms with Crippen molar-refractivity contribution in [2.45, 2.75) is 11.8 Å². The number of aromatic nitrogens is 1. The molecule has 20 heavy (non-hydrogen) atoms. The van der Waals surface area contributed by atoms with Gasteiger partial charge in [-0.25, -0.2) is 13.1 Å². The van der Waals surface area contributed by atoms with Gasteiger partial charge in [-0.1, -0.05) is 11.1 Å². The van der Waals surface area contributed by atoms with Crippen molar-refractivity contribution in [3.05, 3.63) is 47.3 Å². The van der Waals surface area contributed by atoms with Gasteiger partial charge in [-0.05, 0) is 31.2 Å². The molecule has 0 atom stereocenters. The van der Waals surface area contributed by atoms with E-state index in [9.17, 15) is 13.2 Å². The maximum Gasteiger partial charge on any atom is 0.287 e. The lowest BCUT2D eigenvalue weighted by atomic mass is 10.2. The van der Waals surface area contributed by atoms with Crippen molar-refractivity contribution in [1.82, 2.24) is 9.88 Å². The first kappa shape index (κ1) is 13.8. The molecule has 1 amide bonds. The molecule has 1 heterocycles. The summed E-state index contributed by atoms with van der Waals surface area (Å²) in [6, 6.07) is 6.92. The Kier molecular flexibility index (Phi) is 3.59. The van der Waals surface area contributed by atoms with Crippen LogP contribution in [0, 0.1) is 19.3 Å². The molecular weight excluding hydrogens is 280 g/mol. The summed E-state index contributed by atoms with van der Waals surface area (Å²) >= 11 is 0. The minimum Gasteiger partial charge on any atom is -0.361 e. The maximum atomic E-state index is 12.0. The van der Waals surface area contributed by atoms with Gasteiger partial charge in [-0.15, -0.1) is 6.42 Å². The molecule has 0 spiro atoms. The van der Waals surface area contributed by atoms with Crippen LogP contribution < -0.4 is 4.72 Å². The van der Waals surface area contributed by atoms with Crippen LogP contribution in [0.2, 0.25) is 0 Å². The van der Waals surface area contributed by atoms with E-state index in [1.807, 2.05) is 4.72 Å². The highest BCUT2D eigenvalue weighted by molar-refractivity contribution is 7.90. The van der Waals surface area contributed by atoms with Crippen molar-refractivity contribution in [3.8, 4) is 12.3 Å². The zero-order valence-electron chi connectivity index (χ0n) is 10.5. The Morgan fingerprint density at radius 2 is 2.00 bits per heavy atom. The molecule has 1 aromatic carbocycles. The second kappa shape index (κ2) is 5.19. The lowest BCUT2D eigenvalue weighted by molar-refractivity contribution is 0.0972. The van der Waals surface area contributed by atoms with Crippen LogP contribution in [-0.2, 0) is 10.0 Å². The second-order valence-electron chi connectivity index (χ2n) is 3.93. The molecular formula is C13H10N2O4S. The van der Waals surface area contributed by atoms with Crippen LogP contribution in [-0.4, -0.2) is 19.5 Å². The van der Waals surface area contributed by atoms with E-state index in [4.69, 9.17) is 10.9 Å². The monoisotopic (exact) mass is 290 g/mol. The lowest BCUT2D eigenvalue weighted by Crippen LogP contribution is -2.30. The number of hydrogen-bond donors (Lipinski definition) is 1. The summed E-state index contributed by atoms with van der Waals surface area (Å²) in [6.45, 7) is 1.59. The molecule has 1 aromatic heterocycles. The molecule has 0 aliphatic rings. The normalized spacial score (nSPS) is 10.8. The number of benzene rings is 1. The van der Waals surface area contributed by atoms with E-state index in [0.29, 0.717) is 11.3 Å². The zero-order chi connectivity index (χ0) is 14.8. The van der Waals surface area contributed by atoms with Crippen LogP contribution in [0.25, 0.3) is 0 Å². The van der Waals surface area contributed by atoms with E-state index in [1.165, 1.54) is 30.3 Å². The van der Waals surface area contributed by atoms with Crippen molar-refractivity contribution >= 4 is 15.9 Å². The van der Waals surface area contributed by atoms with Gasteiger partial charge in [-0.3, -0.25) is 4.79 Å². The van der Waals surface area contributed by atoms with Crippen LogP contribution in [0.1, 0.15) is 21.8 Å². The van der Waals surface area contributed by atoms with Crippen molar-refractivity contribution in [2.24, 2.45) is 0 Å². The first-order valence-electron chi connectivity index (χ1n) is 5.49. The third-order valence-electron chi connectivity index (χ3n) is 2.42. The Morgan fingerprint density at radius 3 is 2.50 bits per heavy atom. The smallest absolute Gasteiger partial charge is 0.287 e. The molecule has 0 saturated carbocycles. The van der Waals surface area contributed by atoms with Crippen molar-refractivity contribution < 1.29 is 17.7 Å². The average molecular weight is 290 g/mol. The number of terminal acetylenes is 1. The number of nitrogens with one attached hydrogen (secondary N) is 1. The average Bonchev–Trinajstić information content (AvgIpc) is 2.85. The number of sulfonamides is 1. The van der Waals surface area contributed by atoms with Crippen LogP contribution in [0.15, 0.2) is 39.8 Å². The third kappa shape index (κ3) is 2.87. The number of carbonyl (C=O) groups is 1. The number of rotatable bonds is 3. The topological polar surface area (TPSA) is 89.3 Å². The lowest BCUT2D eigenvalue weighted by Gasteiger charge is -2.05. The standard InChI is InChI=1S/C13H10N2O4S/c1-3-10-4-6-11(7-5-10)20(17,18)15-13(16)12-8-9(2)19-14-12/h1,4-8H,2H3,(H,15,16). The number of carbonyl (C=O) groups excluding carboxylic acids is 1. The summed E-state index contributed by atoms with van der Waals surface area (Å²) in [5.41, 5.74) is 0.439. The fourth-order valence-corrected chi connectivity index (χ4v) is 2.40. The largest absolute Gasteiger partial charge is 0.361 e. The summed E-state index contributed by atoms with van der Waals surface area (Å²) in [4.78, 5) is 11.7. The summed E-state index contributed by atoms with van der Waals surface area (Å²) in [6.07, 6.45) is 5.18. The molecule has 2 rings (SSSR count). The molecule has 0 saturated heterocycles. The molecule has 1 N–H and O–H groups in total. The van der Waals surface area contributed by atoms with Crippen LogP contribution in [0.5, 0.6) is 0 Å². The van der Waals surface area contributed by atoms with Gasteiger partial charge in [-0.2, -0.15) is 0 Å². The number of nitrogens with zero attached hydrogens (tertiary/aromatic N) is 1. The Labute approximate surface area is 115 Å². The molecule has 0 radical (unpaired) electrons. The molecule has 2 aromatic rings. The molecule has 0 fully saturated rings. The molecule has 0 aliphatic carbocycles. The minimum absolute atomic E-state index is 0.0648. The Balaban J connectivity index is 2.22. The van der Waals surface area contributed by atoms with Gasteiger partial charge in [0, 0.05) is 11.6 Å². The van der Waals surface area contributed by atoms with Gasteiger partial charge in [0.25, 0.3) is 15.9 Å². The van der Waals surface area contributed by atoms with E-state index < -0.39 is 15.9 Å². The Hall–Kier alpha value is -2.59. The van der Waals surface area contributed by atoms with Gasteiger partial charge in [0.05, 0.1) is 4.90 Å². The predicted molar refractivity (Wildman–Crippen MR) is 70.3 cm³/mol. The molecule has 0 unspecified atom stereocenters. The fourth-order valence-electron chi connectivity index (χ4n) is 1.44. The van der Waals surface area contributed by atoms with Crippen molar-refractivity contribution in [2.75, 3.05) is 0 Å². The van der Waals surface area contributed by atoms with Crippen LogP contribution in [0.3, 0.4) is 0 Å². The van der Waals surface area contributed by atoms with E-state index in [0.717, 1.165) is 0 Å². The number of amides is 1. The predicted octanol–water partition coefficient (Wildman–Crippen LogP) is 1.08. The molecule has 102 valence electrons. The van der Waals surface area contributed by atoms with E-state index in [1.54, 1.807) is 6.92 Å². The van der Waals surface area contributed by atoms with E-state index in [2.05, 4.69) is 11.1 Å². The van der Waals surface area contributed by atoms with Gasteiger partial charge >= 0.3 is 0 Å². The van der Waals surface area contributed by atoms with Crippen molar-refractivity contribution in [3.63, 3.8) is 0 Å². The van der Waals surface area contributed by atoms with Crippen molar-refractivity contribution in [1.29, 1.82) is 0 Å². The highest BCUT2D eigenvalue weighted by Gasteiger charge is 2.20. The van der Waals surface area contributed by atoms with E-state index in [-0.39, 0.29) is 10.6 Å². The second-order valence-corrected chi connectivity index (χ2v) is 5.61. The summed E-state index contributed by atoms with van der Waals surface area (Å²) in [5, 5.41) is 3.44. The molecule has 0 aliphatic heterocycles. The zero-order valence-corrected chi connectivity index (χ0v) is 11.3. The first-order chi connectivity index (χ1) is 9.42. The summed E-state index contributed by atoms with van der Waals surface area (Å²) < 4.78 is 30.6. The molecule has 0 bridgehead atoms. The molecule has 6 nitrogen and oxygen atoms in total. The highest BCUT2D eigenvalue weighted by atomic mass is 32.2. The fraction of sp³-hybridized carbons (Fsp3) is 0.0769. The highest BCUT2D eigenvalue weighted by Crippen LogP contribution is 2.11. The minimum atomic E-state index is -3.97.